The molecule has 1 aromatic heterocycles. The topological polar surface area (TPSA) is 24.9 Å². The Morgan fingerprint density at radius 3 is 2.41 bits per heavy atom. The molecule has 0 radical (unpaired) electrons. The van der Waals surface area contributed by atoms with E-state index in [9.17, 15) is 0 Å². The van der Waals surface area contributed by atoms with Crippen molar-refractivity contribution in [2.45, 2.75) is 92.7 Å². The number of aryl methyl sites for hydroxylation is 2. The highest BCUT2D eigenvalue weighted by Crippen LogP contribution is 2.39. The van der Waals surface area contributed by atoms with Gasteiger partial charge in [0.25, 0.3) is 0 Å². The molecule has 0 saturated heterocycles. The molecule has 0 saturated carbocycles. The maximum absolute atomic E-state index is 5.98. The summed E-state index contributed by atoms with van der Waals surface area (Å²) in [5, 5.41) is 5.03. The first-order chi connectivity index (χ1) is 16.2. The Hall–Kier alpha value is -2.10. The van der Waals surface area contributed by atoms with Gasteiger partial charge in [0.05, 0.1) is 11.2 Å². The average Bonchev–Trinajstić information content (AvgIpc) is 3.26. The molecule has 1 aromatic carbocycles. The highest BCUT2D eigenvalue weighted by Gasteiger charge is 2.26. The third kappa shape index (κ3) is 4.70. The van der Waals surface area contributed by atoms with Crippen LogP contribution >= 0.6 is 12.2 Å². The van der Waals surface area contributed by atoms with Crippen LogP contribution in [-0.4, -0.2) is 15.9 Å². The Morgan fingerprint density at radius 1 is 1.09 bits per heavy atom. The van der Waals surface area contributed by atoms with E-state index in [-0.39, 0.29) is 0 Å². The van der Waals surface area contributed by atoms with E-state index < -0.39 is 0 Å². The van der Waals surface area contributed by atoms with Crippen LogP contribution in [0.1, 0.15) is 88.8 Å². The van der Waals surface area contributed by atoms with Gasteiger partial charge < -0.3 is 5.32 Å². The molecular formula is C31H40N2S. The number of fused-ring (bicyclic) bond motifs is 2. The van der Waals surface area contributed by atoms with Crippen molar-refractivity contribution in [1.29, 1.82) is 0 Å². The number of nitrogens with zero attached hydrogens (tertiary/aromatic N) is 1. The highest BCUT2D eigenvalue weighted by molar-refractivity contribution is 7.80. The van der Waals surface area contributed by atoms with Crippen LogP contribution in [0.2, 0.25) is 0 Å². The molecule has 1 heterocycles. The van der Waals surface area contributed by atoms with Crippen LogP contribution in [0.3, 0.4) is 0 Å². The summed E-state index contributed by atoms with van der Waals surface area (Å²) in [5.74, 6) is 0.291. The van der Waals surface area contributed by atoms with Crippen molar-refractivity contribution in [3.63, 3.8) is 0 Å². The van der Waals surface area contributed by atoms with Gasteiger partial charge in [-0.15, -0.1) is 0 Å². The van der Waals surface area contributed by atoms with Gasteiger partial charge in [0.1, 0.15) is 0 Å². The summed E-state index contributed by atoms with van der Waals surface area (Å²) in [6.07, 6.45) is 8.75. The van der Waals surface area contributed by atoms with Gasteiger partial charge in [-0.05, 0) is 90.1 Å². The van der Waals surface area contributed by atoms with E-state index in [1.165, 1.54) is 69.2 Å². The van der Waals surface area contributed by atoms with Crippen LogP contribution in [0, 0.1) is 5.92 Å². The minimum Gasteiger partial charge on any atom is -0.310 e. The van der Waals surface area contributed by atoms with Crippen molar-refractivity contribution >= 4 is 33.6 Å². The molecule has 1 unspecified atom stereocenters. The number of thiocarbonyl (C=S) groups is 1. The van der Waals surface area contributed by atoms with Gasteiger partial charge in [-0.25, -0.2) is 4.98 Å². The van der Waals surface area contributed by atoms with Crippen LogP contribution in [0.25, 0.3) is 16.5 Å². The van der Waals surface area contributed by atoms with Crippen molar-refractivity contribution in [2.24, 2.45) is 5.92 Å². The minimum absolute atomic E-state index is 0.291. The third-order valence-corrected chi connectivity index (χ3v) is 8.08. The lowest BCUT2D eigenvalue weighted by molar-refractivity contribution is 0.588. The fourth-order valence-electron chi connectivity index (χ4n) is 5.56. The largest absolute Gasteiger partial charge is 0.310 e. The summed E-state index contributed by atoms with van der Waals surface area (Å²) in [5.41, 5.74) is 13.2. The van der Waals surface area contributed by atoms with Crippen molar-refractivity contribution in [3.8, 4) is 0 Å². The van der Waals surface area contributed by atoms with Gasteiger partial charge in [-0.2, -0.15) is 0 Å². The Labute approximate surface area is 211 Å². The molecule has 0 aliphatic heterocycles. The zero-order chi connectivity index (χ0) is 24.6. The van der Waals surface area contributed by atoms with Gasteiger partial charge in [-0.1, -0.05) is 65.1 Å². The molecule has 180 valence electrons. The molecule has 0 fully saturated rings. The second-order valence-electron chi connectivity index (χ2n) is 10.4. The van der Waals surface area contributed by atoms with E-state index in [2.05, 4.69) is 71.6 Å². The van der Waals surface area contributed by atoms with Gasteiger partial charge in [0, 0.05) is 35.2 Å². The van der Waals surface area contributed by atoms with E-state index in [1.54, 1.807) is 0 Å². The summed E-state index contributed by atoms with van der Waals surface area (Å²) in [6, 6.07) is 5.24. The standard InChI is InChI=1S/C31H40N2S/c1-8-24-26(20(7)18(3)4)14-23(16-30(24)34)31-25(9-2)28(17-32-19(5)6)27-13-21-11-10-12-22(21)15-29(27)33-31/h13-15,19-20,32H,3,8-12,16-17H2,1-2,4-7H3. The van der Waals surface area contributed by atoms with Gasteiger partial charge in [-0.3, -0.25) is 0 Å². The van der Waals surface area contributed by atoms with Crippen LogP contribution in [0.5, 0.6) is 0 Å². The molecule has 2 aliphatic carbocycles. The number of aromatic nitrogens is 1. The number of allylic oxidation sites excluding steroid dienone is 5. The number of nitrogens with one attached hydrogen (secondary N) is 1. The van der Waals surface area contributed by atoms with Crippen LogP contribution in [0.15, 0.2) is 41.5 Å². The van der Waals surface area contributed by atoms with Gasteiger partial charge >= 0.3 is 0 Å². The van der Waals surface area contributed by atoms with Crippen molar-refractivity contribution in [1.82, 2.24) is 10.3 Å². The average molecular weight is 473 g/mol. The highest BCUT2D eigenvalue weighted by atomic mass is 32.1. The second-order valence-corrected chi connectivity index (χ2v) is 10.9. The fourth-order valence-corrected chi connectivity index (χ4v) is 5.98. The predicted octanol–water partition coefficient (Wildman–Crippen LogP) is 7.86. The number of rotatable bonds is 8. The number of hydrogen-bond donors (Lipinski definition) is 1. The molecule has 4 rings (SSSR count). The zero-order valence-corrected chi connectivity index (χ0v) is 22.7. The SMILES string of the molecule is C=C(C)C(C)C1=C(CC)C(=S)CC(c2nc3cc4c(cc3c(CNC(C)C)c2CC)CCC4)=C1. The molecule has 0 spiro atoms. The molecule has 0 bridgehead atoms. The Bertz CT molecular complexity index is 1210. The quantitative estimate of drug-likeness (QED) is 0.313. The van der Waals surface area contributed by atoms with Gasteiger partial charge in [0.2, 0.25) is 0 Å². The molecule has 0 amide bonds. The summed E-state index contributed by atoms with van der Waals surface area (Å²) in [7, 11) is 0. The monoisotopic (exact) mass is 472 g/mol. The summed E-state index contributed by atoms with van der Waals surface area (Å²) < 4.78 is 0. The first-order valence-electron chi connectivity index (χ1n) is 13.1. The lowest BCUT2D eigenvalue weighted by Gasteiger charge is -2.27. The van der Waals surface area contributed by atoms with E-state index in [0.29, 0.717) is 12.0 Å². The number of pyridine rings is 1. The van der Waals surface area contributed by atoms with E-state index >= 15 is 0 Å². The normalized spacial score (nSPS) is 16.9. The van der Waals surface area contributed by atoms with E-state index in [1.807, 2.05) is 0 Å². The summed E-state index contributed by atoms with van der Waals surface area (Å²) in [6.45, 7) is 18.4. The lowest BCUT2D eigenvalue weighted by Crippen LogP contribution is -2.23. The van der Waals surface area contributed by atoms with Crippen molar-refractivity contribution in [3.05, 3.63) is 69.5 Å². The molecule has 2 aromatic rings. The lowest BCUT2D eigenvalue weighted by atomic mass is 9.80. The Balaban J connectivity index is 1.96. The van der Waals surface area contributed by atoms with Crippen molar-refractivity contribution < 1.29 is 0 Å². The molecule has 3 heteroatoms. The molecule has 2 nitrogen and oxygen atoms in total. The minimum atomic E-state index is 0.291. The summed E-state index contributed by atoms with van der Waals surface area (Å²) >= 11 is 5.98. The smallest absolute Gasteiger partial charge is 0.0715 e. The predicted molar refractivity (Wildman–Crippen MR) is 152 cm³/mol. The first-order valence-corrected chi connectivity index (χ1v) is 13.5. The second kappa shape index (κ2) is 10.3. The van der Waals surface area contributed by atoms with E-state index in [0.717, 1.165) is 41.9 Å². The van der Waals surface area contributed by atoms with Gasteiger partial charge in [0.15, 0.2) is 0 Å². The molecule has 1 atom stereocenters. The maximum Gasteiger partial charge on any atom is 0.0715 e. The third-order valence-electron chi connectivity index (χ3n) is 7.69. The fraction of sp³-hybridized carbons (Fsp3) is 0.484. The molecule has 2 aliphatic rings. The van der Waals surface area contributed by atoms with Crippen LogP contribution < -0.4 is 5.32 Å². The van der Waals surface area contributed by atoms with Crippen molar-refractivity contribution in [2.75, 3.05) is 0 Å². The zero-order valence-electron chi connectivity index (χ0n) is 21.9. The van der Waals surface area contributed by atoms with Crippen LogP contribution in [-0.2, 0) is 25.8 Å². The molecular weight excluding hydrogens is 432 g/mol. The number of hydrogen-bond acceptors (Lipinski definition) is 3. The Morgan fingerprint density at radius 2 is 1.79 bits per heavy atom. The number of benzene rings is 1. The first kappa shape index (κ1) is 25.0. The molecule has 34 heavy (non-hydrogen) atoms. The van der Waals surface area contributed by atoms with E-state index in [4.69, 9.17) is 17.2 Å². The van der Waals surface area contributed by atoms with Crippen LogP contribution in [0.4, 0.5) is 0 Å². The summed E-state index contributed by atoms with van der Waals surface area (Å²) in [4.78, 5) is 6.43. The Kier molecular flexibility index (Phi) is 7.54. The maximum atomic E-state index is 5.98. The molecule has 1 N–H and O–H groups in total.